The molecule has 0 heterocycles. The van der Waals surface area contributed by atoms with Crippen LogP contribution >= 0.6 is 45.2 Å². The Kier molecular flexibility index (Phi) is 13.5. The van der Waals surface area contributed by atoms with Gasteiger partial charge in [-0.3, -0.25) is 6.08 Å². The van der Waals surface area contributed by atoms with Crippen molar-refractivity contribution in [3.8, 4) is 11.1 Å². The van der Waals surface area contributed by atoms with Gasteiger partial charge in [0, 0.05) is 0 Å². The molecule has 2 aliphatic rings. The molecule has 2 aliphatic carbocycles. The first-order valence-electron chi connectivity index (χ1n) is 17.7. The van der Waals surface area contributed by atoms with Crippen LogP contribution in [0.25, 0.3) is 11.1 Å². The summed E-state index contributed by atoms with van der Waals surface area (Å²) in [6.07, 6.45) is 11.0. The molecule has 0 N–H and O–H groups in total. The first kappa shape index (κ1) is 41.3. The van der Waals surface area contributed by atoms with Gasteiger partial charge in [-0.05, 0) is 39.4 Å². The van der Waals surface area contributed by atoms with Crippen molar-refractivity contribution in [2.24, 2.45) is 0 Å². The van der Waals surface area contributed by atoms with Crippen molar-refractivity contribution in [2.75, 3.05) is 0 Å². The predicted octanol–water partition coefficient (Wildman–Crippen LogP) is 13.6. The van der Waals surface area contributed by atoms with Crippen LogP contribution in [0.5, 0.6) is 0 Å². The molecule has 0 nitrogen and oxygen atoms in total. The maximum absolute atomic E-state index is 3.90. The fourth-order valence-electron chi connectivity index (χ4n) is 6.36. The van der Waals surface area contributed by atoms with E-state index >= 15 is 0 Å². The summed E-state index contributed by atoms with van der Waals surface area (Å²) < 4.78 is 3.99. The molecule has 0 spiro atoms. The molecule has 6 rings (SSSR count). The summed E-state index contributed by atoms with van der Waals surface area (Å²) in [7, 11) is 0. The molecule has 0 bridgehead atoms. The van der Waals surface area contributed by atoms with Gasteiger partial charge in [-0.2, -0.15) is 23.8 Å². The summed E-state index contributed by atoms with van der Waals surface area (Å²) in [6, 6.07) is 28.8. The monoisotopic (exact) mass is 962 g/mol. The third kappa shape index (κ3) is 10.6. The van der Waals surface area contributed by atoms with Gasteiger partial charge in [-0.25, -0.2) is 12.2 Å². The van der Waals surface area contributed by atoms with E-state index in [1.54, 1.807) is 0 Å². The number of allylic oxidation sites excluding steroid dienone is 4. The van der Waals surface area contributed by atoms with Gasteiger partial charge in [0.2, 0.25) is 0 Å². The zero-order valence-electron chi connectivity index (χ0n) is 32.3. The van der Waals surface area contributed by atoms with Crippen LogP contribution < -0.4 is 0 Å². The van der Waals surface area contributed by atoms with Crippen molar-refractivity contribution in [1.82, 2.24) is 0 Å². The minimum atomic E-state index is 0.0968. The molecule has 0 radical (unpaired) electrons. The molecule has 260 valence electrons. The Morgan fingerprint density at radius 3 is 1.44 bits per heavy atom. The Balaban J connectivity index is 0.000000221. The van der Waals surface area contributed by atoms with Gasteiger partial charge >= 0.3 is 139 Å². The number of halogens is 2. The SMILES string of the molecule is CC(C)(C)c1[c-]c2c(cc1C(C)(C)C)-c1cc(C(C)(C)C)c(C(C)(C)C)cc1C2.[C-]1=CC=CC1.[Zr+2]=[C](c1ccc(I)cc1)c1ccc(I)cc1. The molecular formula is C47H54I2Zr. The molecule has 4 aromatic rings. The first-order chi connectivity index (χ1) is 23.1. The van der Waals surface area contributed by atoms with Crippen LogP contribution in [0, 0.1) is 19.3 Å². The molecular weight excluding hydrogens is 910 g/mol. The number of fused-ring (bicyclic) bond motifs is 3. The quantitative estimate of drug-likeness (QED) is 0.122. The molecule has 0 saturated carbocycles. The van der Waals surface area contributed by atoms with E-state index < -0.39 is 0 Å². The van der Waals surface area contributed by atoms with Crippen molar-refractivity contribution in [3.63, 3.8) is 0 Å². The average Bonchev–Trinajstić information content (AvgIpc) is 3.71. The first-order valence-corrected chi connectivity index (χ1v) is 21.1. The Bertz CT molecular complexity index is 1740. The zero-order chi connectivity index (χ0) is 37.2. The molecule has 0 unspecified atom stereocenters. The zero-order valence-corrected chi connectivity index (χ0v) is 39.0. The van der Waals surface area contributed by atoms with E-state index in [4.69, 9.17) is 0 Å². The number of hydrogen-bond acceptors (Lipinski definition) is 0. The van der Waals surface area contributed by atoms with Crippen molar-refractivity contribution in [3.05, 3.63) is 149 Å². The van der Waals surface area contributed by atoms with E-state index in [1.165, 1.54) is 90.2 Å². The Labute approximate surface area is 346 Å². The Morgan fingerprint density at radius 2 is 1.06 bits per heavy atom. The molecule has 3 heteroatoms. The van der Waals surface area contributed by atoms with Crippen molar-refractivity contribution >= 4 is 48.4 Å². The molecule has 0 amide bonds. The van der Waals surface area contributed by atoms with Crippen LogP contribution in [0.1, 0.15) is 134 Å². The van der Waals surface area contributed by atoms with Crippen molar-refractivity contribution in [1.29, 1.82) is 0 Å². The van der Waals surface area contributed by atoms with Gasteiger partial charge < -0.3 is 0 Å². The molecule has 0 fully saturated rings. The fourth-order valence-corrected chi connectivity index (χ4v) is 7.90. The topological polar surface area (TPSA) is 0 Å². The summed E-state index contributed by atoms with van der Waals surface area (Å²) in [6.45, 7) is 28.0. The van der Waals surface area contributed by atoms with Gasteiger partial charge in [0.25, 0.3) is 0 Å². The average molecular weight is 964 g/mol. The summed E-state index contributed by atoms with van der Waals surface area (Å²) in [5.41, 5.74) is 14.6. The molecule has 50 heavy (non-hydrogen) atoms. The van der Waals surface area contributed by atoms with E-state index in [0.717, 1.165) is 12.8 Å². The van der Waals surface area contributed by atoms with E-state index in [9.17, 15) is 0 Å². The van der Waals surface area contributed by atoms with Gasteiger partial charge in [-0.1, -0.05) is 106 Å². The summed E-state index contributed by atoms with van der Waals surface area (Å²) in [4.78, 5) is 0. The summed E-state index contributed by atoms with van der Waals surface area (Å²) >= 11 is 6.13. The third-order valence-corrected chi connectivity index (χ3v) is 11.9. The minimum absolute atomic E-state index is 0.0968. The van der Waals surface area contributed by atoms with Gasteiger partial charge in [0.05, 0.1) is 0 Å². The van der Waals surface area contributed by atoms with Gasteiger partial charge in [0.15, 0.2) is 0 Å². The standard InChI is InChI=1S/C29H41.C13H8I2.C5H5.Zr/c1-26(2,3)22-14-18-13-19-15-23(27(4,5)6)25(29(10,11)12)17-21(19)20(18)16-24(22)28(7,8)9;14-12-5-1-10(2-6-12)9-11-3-7-13(15)8-4-11;1-2-4-5-3-1;/h14,16-17H,13H2,1-12H3;1-8H;1-3H,4H2;/q-1;;-1;+2. The summed E-state index contributed by atoms with van der Waals surface area (Å²) in [5.74, 6) is 0. The van der Waals surface area contributed by atoms with Crippen LogP contribution in [-0.2, 0) is 52.3 Å². The van der Waals surface area contributed by atoms with Gasteiger partial charge in [0.1, 0.15) is 0 Å². The molecule has 0 aliphatic heterocycles. The second-order valence-corrected chi connectivity index (χ2v) is 21.3. The van der Waals surface area contributed by atoms with Crippen LogP contribution in [0.2, 0.25) is 0 Å². The van der Waals surface area contributed by atoms with Crippen LogP contribution in [0.3, 0.4) is 0 Å². The molecule has 0 aromatic heterocycles. The Morgan fingerprint density at radius 1 is 0.600 bits per heavy atom. The van der Waals surface area contributed by atoms with Crippen LogP contribution in [-0.4, -0.2) is 3.21 Å². The Hall–Kier alpha value is -1.43. The van der Waals surface area contributed by atoms with Crippen molar-refractivity contribution in [2.45, 2.75) is 118 Å². The van der Waals surface area contributed by atoms with E-state index in [1.807, 2.05) is 12.2 Å². The third-order valence-electron chi connectivity index (χ3n) is 9.09. The van der Waals surface area contributed by atoms with Crippen LogP contribution in [0.15, 0.2) is 85.0 Å². The summed E-state index contributed by atoms with van der Waals surface area (Å²) in [5, 5.41) is 0. The van der Waals surface area contributed by atoms with Crippen LogP contribution in [0.4, 0.5) is 0 Å². The number of hydrogen-bond donors (Lipinski definition) is 0. The normalized spacial score (nSPS) is 13.6. The second kappa shape index (κ2) is 16.3. The number of rotatable bonds is 2. The molecule has 0 saturated heterocycles. The maximum atomic E-state index is 3.90. The van der Waals surface area contributed by atoms with E-state index in [0.29, 0.717) is 0 Å². The van der Waals surface area contributed by atoms with Crippen molar-refractivity contribution < 1.29 is 24.2 Å². The van der Waals surface area contributed by atoms with E-state index in [2.05, 4.69) is 213 Å². The molecule has 4 aromatic carbocycles. The van der Waals surface area contributed by atoms with Gasteiger partial charge in [-0.15, -0.1) is 23.1 Å². The number of benzene rings is 4. The molecule has 0 atom stereocenters. The predicted molar refractivity (Wildman–Crippen MR) is 231 cm³/mol. The van der Waals surface area contributed by atoms with E-state index in [-0.39, 0.29) is 21.7 Å². The second-order valence-electron chi connectivity index (χ2n) is 17.6. The fraction of sp³-hybridized carbons (Fsp3) is 0.383.